The zero-order valence-electron chi connectivity index (χ0n) is 19.2. The highest BCUT2D eigenvalue weighted by Gasteiger charge is 2.32. The van der Waals surface area contributed by atoms with Crippen molar-refractivity contribution >= 4 is 23.4 Å². The van der Waals surface area contributed by atoms with Crippen LogP contribution in [-0.4, -0.2) is 47.9 Å². The molecule has 0 aliphatic carbocycles. The number of hydrogen-bond donors (Lipinski definition) is 3. The van der Waals surface area contributed by atoms with E-state index in [1.54, 1.807) is 42.5 Å². The standard InChI is InChI=1S/C26H23N5O5/c27-12-17-4-2-6-21(29-17)20-5-1-3-16(25(20)33)13-28-10-9-19-14-31(26(34)36-19)18-7-8-23-22(11-18)30-24(32)15-35-23/h1-8,11,19,28,33H,9-10,13-15H2,(H,30,32). The average molecular weight is 486 g/mol. The number of anilines is 2. The predicted octanol–water partition coefficient (Wildman–Crippen LogP) is 3.16. The third-order valence-corrected chi connectivity index (χ3v) is 6.00. The van der Waals surface area contributed by atoms with Crippen LogP contribution in [0.1, 0.15) is 17.7 Å². The van der Waals surface area contributed by atoms with E-state index < -0.39 is 6.09 Å². The number of nitriles is 1. The van der Waals surface area contributed by atoms with E-state index >= 15 is 0 Å². The molecule has 10 nitrogen and oxygen atoms in total. The van der Waals surface area contributed by atoms with Gasteiger partial charge in [0.2, 0.25) is 0 Å². The van der Waals surface area contributed by atoms with Gasteiger partial charge < -0.3 is 25.2 Å². The maximum atomic E-state index is 12.4. The Balaban J connectivity index is 1.16. The summed E-state index contributed by atoms with van der Waals surface area (Å²) >= 11 is 0. The Labute approximate surface area is 207 Å². The van der Waals surface area contributed by atoms with E-state index in [1.165, 1.54) is 4.90 Å². The van der Waals surface area contributed by atoms with Crippen molar-refractivity contribution in [3.05, 3.63) is 65.9 Å². The fourth-order valence-corrected chi connectivity index (χ4v) is 4.20. The molecule has 2 amide bonds. The lowest BCUT2D eigenvalue weighted by Gasteiger charge is -2.20. The van der Waals surface area contributed by atoms with Crippen LogP contribution in [0.3, 0.4) is 0 Å². The summed E-state index contributed by atoms with van der Waals surface area (Å²) < 4.78 is 10.9. The zero-order chi connectivity index (χ0) is 25.1. The van der Waals surface area contributed by atoms with Crippen LogP contribution >= 0.6 is 0 Å². The van der Waals surface area contributed by atoms with Crippen LogP contribution in [0.15, 0.2) is 54.6 Å². The molecule has 182 valence electrons. The number of pyridine rings is 1. The summed E-state index contributed by atoms with van der Waals surface area (Å²) in [6.07, 6.45) is -0.163. The van der Waals surface area contributed by atoms with Crippen LogP contribution < -0.4 is 20.3 Å². The van der Waals surface area contributed by atoms with Crippen LogP contribution in [0.2, 0.25) is 0 Å². The summed E-state index contributed by atoms with van der Waals surface area (Å²) in [7, 11) is 0. The predicted molar refractivity (Wildman–Crippen MR) is 131 cm³/mol. The number of aromatic nitrogens is 1. The third kappa shape index (κ3) is 4.78. The Morgan fingerprint density at radius 2 is 2.06 bits per heavy atom. The highest BCUT2D eigenvalue weighted by molar-refractivity contribution is 5.97. The lowest BCUT2D eigenvalue weighted by Crippen LogP contribution is -2.28. The fraction of sp³-hybridized carbons (Fsp3) is 0.231. The van der Waals surface area contributed by atoms with Crippen LogP contribution in [0.5, 0.6) is 11.5 Å². The number of carbonyl (C=O) groups is 2. The van der Waals surface area contributed by atoms with Crippen molar-refractivity contribution in [1.82, 2.24) is 10.3 Å². The molecule has 3 N–H and O–H groups in total. The molecule has 1 aromatic heterocycles. The largest absolute Gasteiger partial charge is 0.507 e. The molecule has 2 aliphatic heterocycles. The Hall–Kier alpha value is -4.62. The van der Waals surface area contributed by atoms with Gasteiger partial charge in [-0.25, -0.2) is 9.78 Å². The lowest BCUT2D eigenvalue weighted by molar-refractivity contribution is -0.118. The number of aromatic hydroxyl groups is 1. The van der Waals surface area contributed by atoms with Gasteiger partial charge in [-0.2, -0.15) is 5.26 Å². The van der Waals surface area contributed by atoms with Gasteiger partial charge in [-0.3, -0.25) is 9.69 Å². The van der Waals surface area contributed by atoms with Gasteiger partial charge in [0.05, 0.1) is 17.9 Å². The van der Waals surface area contributed by atoms with Crippen LogP contribution in [0.4, 0.5) is 16.2 Å². The number of amides is 2. The number of benzene rings is 2. The van der Waals surface area contributed by atoms with E-state index in [4.69, 9.17) is 14.7 Å². The molecular formula is C26H23N5O5. The van der Waals surface area contributed by atoms with Gasteiger partial charge in [0, 0.05) is 23.4 Å². The first-order chi connectivity index (χ1) is 17.5. The molecule has 3 heterocycles. The summed E-state index contributed by atoms with van der Waals surface area (Å²) in [6.45, 7) is 1.33. The van der Waals surface area contributed by atoms with E-state index in [9.17, 15) is 14.7 Å². The SMILES string of the molecule is N#Cc1cccc(-c2cccc(CNCCC3CN(c4ccc5c(c4)NC(=O)CO5)C(=O)O3)c2O)n1. The molecule has 0 bridgehead atoms. The first-order valence-corrected chi connectivity index (χ1v) is 11.5. The number of nitrogens with zero attached hydrogens (tertiary/aromatic N) is 3. The topological polar surface area (TPSA) is 137 Å². The van der Waals surface area contributed by atoms with Crippen molar-refractivity contribution in [3.8, 4) is 28.8 Å². The first-order valence-electron chi connectivity index (χ1n) is 11.5. The van der Waals surface area contributed by atoms with Crippen molar-refractivity contribution < 1.29 is 24.2 Å². The summed E-state index contributed by atoms with van der Waals surface area (Å²) in [4.78, 5) is 29.8. The number of phenols is 1. The number of fused-ring (bicyclic) bond motifs is 1. The Morgan fingerprint density at radius 3 is 2.92 bits per heavy atom. The third-order valence-electron chi connectivity index (χ3n) is 6.00. The van der Waals surface area contributed by atoms with Crippen LogP contribution in [0, 0.1) is 11.3 Å². The Kier molecular flexibility index (Phi) is 6.38. The molecule has 0 saturated carbocycles. The van der Waals surface area contributed by atoms with Gasteiger partial charge in [0.25, 0.3) is 5.91 Å². The Morgan fingerprint density at radius 1 is 1.19 bits per heavy atom. The number of hydrogen-bond acceptors (Lipinski definition) is 8. The molecule has 1 atom stereocenters. The van der Waals surface area contributed by atoms with E-state index in [2.05, 4.69) is 15.6 Å². The molecule has 3 aromatic rings. The number of phenolic OH excluding ortho intramolecular Hbond substituents is 1. The summed E-state index contributed by atoms with van der Waals surface area (Å²) in [5, 5.41) is 25.8. The van der Waals surface area contributed by atoms with Gasteiger partial charge in [-0.1, -0.05) is 18.2 Å². The monoisotopic (exact) mass is 485 g/mol. The van der Waals surface area contributed by atoms with Gasteiger partial charge in [0.1, 0.15) is 29.4 Å². The summed E-state index contributed by atoms with van der Waals surface area (Å²) in [6, 6.07) is 17.7. The first kappa shape index (κ1) is 23.1. The number of rotatable bonds is 7. The highest BCUT2D eigenvalue weighted by atomic mass is 16.6. The maximum Gasteiger partial charge on any atom is 0.414 e. The second-order valence-corrected chi connectivity index (χ2v) is 8.43. The van der Waals surface area contributed by atoms with Crippen molar-refractivity contribution in [3.63, 3.8) is 0 Å². The number of nitrogens with one attached hydrogen (secondary N) is 2. The molecule has 1 fully saturated rings. The van der Waals surface area contributed by atoms with E-state index in [-0.39, 0.29) is 30.1 Å². The maximum absolute atomic E-state index is 12.4. The molecule has 2 aromatic carbocycles. The van der Waals surface area contributed by atoms with E-state index in [0.29, 0.717) is 60.0 Å². The van der Waals surface area contributed by atoms with Crippen molar-refractivity contribution in [2.45, 2.75) is 19.1 Å². The number of carbonyl (C=O) groups excluding carboxylic acids is 2. The minimum atomic E-state index is -0.444. The van der Waals surface area contributed by atoms with E-state index in [1.807, 2.05) is 18.2 Å². The van der Waals surface area contributed by atoms with Crippen molar-refractivity contribution in [2.75, 3.05) is 29.9 Å². The molecule has 36 heavy (non-hydrogen) atoms. The van der Waals surface area contributed by atoms with Crippen molar-refractivity contribution in [2.24, 2.45) is 0 Å². The second-order valence-electron chi connectivity index (χ2n) is 8.43. The molecule has 1 unspecified atom stereocenters. The quantitative estimate of drug-likeness (QED) is 0.434. The normalized spacial score (nSPS) is 16.5. The number of ether oxygens (including phenoxy) is 2. The van der Waals surface area contributed by atoms with E-state index in [0.717, 1.165) is 0 Å². The van der Waals surface area contributed by atoms with Gasteiger partial charge in [-0.15, -0.1) is 0 Å². The zero-order valence-corrected chi connectivity index (χ0v) is 19.2. The minimum Gasteiger partial charge on any atom is -0.507 e. The summed E-state index contributed by atoms with van der Waals surface area (Å²) in [5.74, 6) is 0.429. The Bertz CT molecular complexity index is 1370. The van der Waals surface area contributed by atoms with Crippen LogP contribution in [0.25, 0.3) is 11.3 Å². The fourth-order valence-electron chi connectivity index (χ4n) is 4.20. The molecular weight excluding hydrogens is 462 g/mol. The molecule has 0 spiro atoms. The lowest BCUT2D eigenvalue weighted by atomic mass is 10.0. The molecule has 5 rings (SSSR count). The van der Waals surface area contributed by atoms with Gasteiger partial charge in [-0.05, 0) is 49.4 Å². The summed E-state index contributed by atoms with van der Waals surface area (Å²) in [5.41, 5.74) is 3.20. The smallest absolute Gasteiger partial charge is 0.414 e. The molecule has 10 heteroatoms. The number of cyclic esters (lactones) is 1. The molecule has 0 radical (unpaired) electrons. The minimum absolute atomic E-state index is 0.0273. The van der Waals surface area contributed by atoms with Gasteiger partial charge >= 0.3 is 6.09 Å². The highest BCUT2D eigenvalue weighted by Crippen LogP contribution is 2.34. The average Bonchev–Trinajstić information content (AvgIpc) is 3.27. The molecule has 1 saturated heterocycles. The second kappa shape index (κ2) is 9.93. The number of para-hydroxylation sites is 1. The van der Waals surface area contributed by atoms with Crippen LogP contribution in [-0.2, 0) is 16.1 Å². The molecule has 2 aliphatic rings. The van der Waals surface area contributed by atoms with Gasteiger partial charge in [0.15, 0.2) is 6.61 Å². The van der Waals surface area contributed by atoms with Crippen molar-refractivity contribution in [1.29, 1.82) is 5.26 Å².